The monoisotopic (exact) mass is 379 g/mol. The molecular formula is C17H21N3O5S. The van der Waals surface area contributed by atoms with Crippen LogP contribution >= 0.6 is 0 Å². The maximum absolute atomic E-state index is 12.8. The van der Waals surface area contributed by atoms with E-state index in [1.54, 1.807) is 24.1 Å². The van der Waals surface area contributed by atoms with Crippen LogP contribution in [-0.4, -0.2) is 37.8 Å². The fourth-order valence-electron chi connectivity index (χ4n) is 3.11. The summed E-state index contributed by atoms with van der Waals surface area (Å²) >= 11 is 0. The molecule has 0 spiro atoms. The first-order valence-corrected chi connectivity index (χ1v) is 9.86. The minimum Gasteiger partial charge on any atom is -0.467 e. The molecule has 1 saturated heterocycles. The molecule has 0 bridgehead atoms. The standard InChI is InChI=1S/C17H21N3O5S/c1-18(13-14-6-5-11-25-14)16-8-7-15(12-17(16)20(21)22)26(23,24)19-9-3-2-4-10-19/h5-8,11-12H,2-4,9-10,13H2,1H3. The lowest BCUT2D eigenvalue weighted by Crippen LogP contribution is -2.35. The van der Waals surface area contributed by atoms with Crippen molar-refractivity contribution in [2.24, 2.45) is 0 Å². The maximum atomic E-state index is 12.8. The van der Waals surface area contributed by atoms with Gasteiger partial charge in [0.25, 0.3) is 5.69 Å². The Morgan fingerprint density at radius 3 is 2.58 bits per heavy atom. The van der Waals surface area contributed by atoms with Gasteiger partial charge in [0.1, 0.15) is 11.4 Å². The summed E-state index contributed by atoms with van der Waals surface area (Å²) in [5.74, 6) is 0.659. The van der Waals surface area contributed by atoms with E-state index in [9.17, 15) is 18.5 Å². The van der Waals surface area contributed by atoms with Crippen LogP contribution in [0.15, 0.2) is 45.9 Å². The lowest BCUT2D eigenvalue weighted by Gasteiger charge is -2.26. The van der Waals surface area contributed by atoms with Crippen molar-refractivity contribution < 1.29 is 17.8 Å². The highest BCUT2D eigenvalue weighted by Gasteiger charge is 2.29. The number of nitrogens with zero attached hydrogens (tertiary/aromatic N) is 3. The molecule has 0 N–H and O–H groups in total. The van der Waals surface area contributed by atoms with E-state index in [2.05, 4.69) is 0 Å². The zero-order chi connectivity index (χ0) is 18.7. The number of piperidine rings is 1. The molecule has 2 heterocycles. The van der Waals surface area contributed by atoms with E-state index in [1.165, 1.54) is 22.7 Å². The summed E-state index contributed by atoms with van der Waals surface area (Å²) in [6.07, 6.45) is 4.16. The summed E-state index contributed by atoms with van der Waals surface area (Å²) in [6.45, 7) is 1.25. The molecule has 140 valence electrons. The van der Waals surface area contributed by atoms with Crippen molar-refractivity contribution in [3.8, 4) is 0 Å². The highest BCUT2D eigenvalue weighted by Crippen LogP contribution is 2.32. The van der Waals surface area contributed by atoms with Crippen molar-refractivity contribution >= 4 is 21.4 Å². The Bertz CT molecular complexity index is 874. The van der Waals surface area contributed by atoms with E-state index in [4.69, 9.17) is 4.42 Å². The summed E-state index contributed by atoms with van der Waals surface area (Å²) < 4.78 is 32.2. The minimum absolute atomic E-state index is 0.0405. The van der Waals surface area contributed by atoms with Crippen LogP contribution in [0.3, 0.4) is 0 Å². The lowest BCUT2D eigenvalue weighted by atomic mass is 10.2. The van der Waals surface area contributed by atoms with Crippen molar-refractivity contribution in [2.75, 3.05) is 25.0 Å². The van der Waals surface area contributed by atoms with Gasteiger partial charge in [0.2, 0.25) is 10.0 Å². The SMILES string of the molecule is CN(Cc1ccco1)c1ccc(S(=O)(=O)N2CCCCC2)cc1[N+](=O)[O-]. The molecule has 0 radical (unpaired) electrons. The van der Waals surface area contributed by atoms with Gasteiger partial charge >= 0.3 is 0 Å². The fraction of sp³-hybridized carbons (Fsp3) is 0.412. The summed E-state index contributed by atoms with van der Waals surface area (Å²) in [6, 6.07) is 7.59. The molecule has 0 atom stereocenters. The Kier molecular flexibility index (Phi) is 5.28. The molecule has 1 aromatic carbocycles. The highest BCUT2D eigenvalue weighted by atomic mass is 32.2. The maximum Gasteiger partial charge on any atom is 0.293 e. The molecule has 26 heavy (non-hydrogen) atoms. The van der Waals surface area contributed by atoms with Crippen LogP contribution < -0.4 is 4.90 Å². The average Bonchev–Trinajstić information content (AvgIpc) is 3.14. The average molecular weight is 379 g/mol. The van der Waals surface area contributed by atoms with E-state index in [0.29, 0.717) is 31.1 Å². The van der Waals surface area contributed by atoms with Crippen LogP contribution in [0, 0.1) is 10.1 Å². The fourth-order valence-corrected chi connectivity index (χ4v) is 4.65. The number of sulfonamides is 1. The number of benzene rings is 1. The van der Waals surface area contributed by atoms with Crippen LogP contribution in [0.5, 0.6) is 0 Å². The van der Waals surface area contributed by atoms with E-state index < -0.39 is 14.9 Å². The Labute approximate surface area is 152 Å². The van der Waals surface area contributed by atoms with Gasteiger partial charge in [0, 0.05) is 26.2 Å². The van der Waals surface area contributed by atoms with Crippen LogP contribution in [0.1, 0.15) is 25.0 Å². The van der Waals surface area contributed by atoms with Crippen LogP contribution in [0.4, 0.5) is 11.4 Å². The third-order valence-electron chi connectivity index (χ3n) is 4.48. The second kappa shape index (κ2) is 7.46. The van der Waals surface area contributed by atoms with Gasteiger partial charge in [0.15, 0.2) is 0 Å². The Morgan fingerprint density at radius 2 is 1.96 bits per heavy atom. The molecule has 1 aliphatic heterocycles. The number of hydrogen-bond acceptors (Lipinski definition) is 6. The van der Waals surface area contributed by atoms with E-state index in [1.807, 2.05) is 0 Å². The van der Waals surface area contributed by atoms with Gasteiger partial charge in [-0.25, -0.2) is 8.42 Å². The number of furan rings is 1. The van der Waals surface area contributed by atoms with Crippen molar-refractivity contribution in [2.45, 2.75) is 30.7 Å². The van der Waals surface area contributed by atoms with Gasteiger partial charge in [-0.15, -0.1) is 0 Å². The van der Waals surface area contributed by atoms with Crippen LogP contribution in [-0.2, 0) is 16.6 Å². The number of nitro benzene ring substituents is 1. The first kappa shape index (κ1) is 18.4. The molecule has 8 nitrogen and oxygen atoms in total. The molecule has 0 saturated carbocycles. The molecule has 3 rings (SSSR count). The predicted molar refractivity (Wildman–Crippen MR) is 96.5 cm³/mol. The number of hydrogen-bond donors (Lipinski definition) is 0. The van der Waals surface area contributed by atoms with Gasteiger partial charge in [-0.3, -0.25) is 10.1 Å². The van der Waals surface area contributed by atoms with Gasteiger partial charge in [-0.2, -0.15) is 4.31 Å². The Balaban J connectivity index is 1.92. The van der Waals surface area contributed by atoms with Gasteiger partial charge in [-0.05, 0) is 37.1 Å². The molecule has 9 heteroatoms. The summed E-state index contributed by atoms with van der Waals surface area (Å²) in [5, 5.41) is 11.5. The van der Waals surface area contributed by atoms with Gasteiger partial charge < -0.3 is 9.32 Å². The van der Waals surface area contributed by atoms with E-state index >= 15 is 0 Å². The quantitative estimate of drug-likeness (QED) is 0.565. The van der Waals surface area contributed by atoms with Gasteiger partial charge in [-0.1, -0.05) is 6.42 Å². The molecule has 0 unspecified atom stereocenters. The van der Waals surface area contributed by atoms with Crippen molar-refractivity contribution in [1.29, 1.82) is 0 Å². The van der Waals surface area contributed by atoms with E-state index in [0.717, 1.165) is 25.3 Å². The third-order valence-corrected chi connectivity index (χ3v) is 6.38. The van der Waals surface area contributed by atoms with Crippen LogP contribution in [0.25, 0.3) is 0 Å². The number of anilines is 1. The zero-order valence-electron chi connectivity index (χ0n) is 14.5. The lowest BCUT2D eigenvalue weighted by molar-refractivity contribution is -0.384. The predicted octanol–water partition coefficient (Wildman–Crippen LogP) is 3.00. The Morgan fingerprint density at radius 1 is 1.23 bits per heavy atom. The van der Waals surface area contributed by atoms with Crippen molar-refractivity contribution in [1.82, 2.24) is 4.31 Å². The molecular weight excluding hydrogens is 358 g/mol. The highest BCUT2D eigenvalue weighted by molar-refractivity contribution is 7.89. The zero-order valence-corrected chi connectivity index (χ0v) is 15.3. The summed E-state index contributed by atoms with van der Waals surface area (Å²) in [7, 11) is -2.02. The molecule has 0 amide bonds. The van der Waals surface area contributed by atoms with Crippen LogP contribution in [0.2, 0.25) is 0 Å². The van der Waals surface area contributed by atoms with Crippen molar-refractivity contribution in [3.05, 3.63) is 52.5 Å². The largest absolute Gasteiger partial charge is 0.467 e. The molecule has 1 aromatic heterocycles. The minimum atomic E-state index is -3.72. The topological polar surface area (TPSA) is 96.9 Å². The van der Waals surface area contributed by atoms with Gasteiger partial charge in [0.05, 0.1) is 22.6 Å². The summed E-state index contributed by atoms with van der Waals surface area (Å²) in [4.78, 5) is 12.6. The Hall–Kier alpha value is -2.39. The molecule has 1 aliphatic rings. The molecule has 1 fully saturated rings. The molecule has 0 aliphatic carbocycles. The smallest absolute Gasteiger partial charge is 0.293 e. The number of rotatable bonds is 6. The number of nitro groups is 1. The third kappa shape index (κ3) is 3.73. The second-order valence-electron chi connectivity index (χ2n) is 6.31. The summed E-state index contributed by atoms with van der Waals surface area (Å²) in [5.41, 5.74) is 0.0983. The normalized spacial score (nSPS) is 15.7. The van der Waals surface area contributed by atoms with E-state index in [-0.39, 0.29) is 10.6 Å². The second-order valence-corrected chi connectivity index (χ2v) is 8.25. The molecule has 2 aromatic rings. The van der Waals surface area contributed by atoms with Crippen molar-refractivity contribution in [3.63, 3.8) is 0 Å². The first-order chi connectivity index (χ1) is 12.4. The first-order valence-electron chi connectivity index (χ1n) is 8.42.